The number of phenols is 1. The van der Waals surface area contributed by atoms with Crippen LogP contribution in [0.3, 0.4) is 0 Å². The van der Waals surface area contributed by atoms with E-state index in [-0.39, 0.29) is 11.7 Å². The van der Waals surface area contributed by atoms with Crippen molar-refractivity contribution in [3.05, 3.63) is 70.1 Å². The first-order valence-electron chi connectivity index (χ1n) is 9.18. The summed E-state index contributed by atoms with van der Waals surface area (Å²) in [5, 5.41) is 10.9. The molecule has 1 heterocycles. The average Bonchev–Trinajstić information content (AvgIpc) is 2.95. The largest absolute Gasteiger partial charge is 0.504 e. The number of aliphatic imine (C=N–C) groups is 1. The van der Waals surface area contributed by atoms with Gasteiger partial charge in [-0.2, -0.15) is 0 Å². The van der Waals surface area contributed by atoms with E-state index in [1.807, 2.05) is 31.2 Å². The minimum atomic E-state index is -0.116. The second kappa shape index (κ2) is 8.57. The SMILES string of the molecule is C=CCc1cc(/C=C2/SC(=Nc3ccc(C)c(C)c3)N(C)C2=O)cc(OC)c1O. The lowest BCUT2D eigenvalue weighted by Gasteiger charge is -2.10. The van der Waals surface area contributed by atoms with Gasteiger partial charge in [-0.15, -0.1) is 6.58 Å². The molecule has 0 unspecified atom stereocenters. The van der Waals surface area contributed by atoms with E-state index in [2.05, 4.69) is 18.5 Å². The third kappa shape index (κ3) is 4.38. The average molecular weight is 409 g/mol. The summed E-state index contributed by atoms with van der Waals surface area (Å²) in [5.41, 5.74) is 4.64. The first kappa shape index (κ1) is 20.7. The topological polar surface area (TPSA) is 62.1 Å². The normalized spacial score (nSPS) is 16.7. The zero-order valence-corrected chi connectivity index (χ0v) is 17.8. The molecule has 2 aromatic rings. The van der Waals surface area contributed by atoms with Crippen LogP contribution in [0.4, 0.5) is 5.69 Å². The number of carbonyl (C=O) groups excluding carboxylic acids is 1. The summed E-state index contributed by atoms with van der Waals surface area (Å²) >= 11 is 1.33. The molecule has 0 atom stereocenters. The predicted molar refractivity (Wildman–Crippen MR) is 120 cm³/mol. The van der Waals surface area contributed by atoms with E-state index >= 15 is 0 Å². The van der Waals surface area contributed by atoms with Gasteiger partial charge in [0.25, 0.3) is 5.91 Å². The van der Waals surface area contributed by atoms with Crippen LogP contribution in [0.2, 0.25) is 0 Å². The van der Waals surface area contributed by atoms with Gasteiger partial charge in [-0.05, 0) is 79.1 Å². The van der Waals surface area contributed by atoms with Crippen LogP contribution < -0.4 is 4.74 Å². The number of allylic oxidation sites excluding steroid dienone is 1. The minimum absolute atomic E-state index is 0.0917. The highest BCUT2D eigenvalue weighted by Crippen LogP contribution is 2.36. The molecular weight excluding hydrogens is 384 g/mol. The molecule has 29 heavy (non-hydrogen) atoms. The molecule has 1 amide bonds. The number of aryl methyl sites for hydroxylation is 2. The van der Waals surface area contributed by atoms with Crippen LogP contribution in [0.15, 0.2) is 52.9 Å². The number of amides is 1. The number of hydrogen-bond acceptors (Lipinski definition) is 5. The van der Waals surface area contributed by atoms with Crippen LogP contribution in [0.5, 0.6) is 11.5 Å². The van der Waals surface area contributed by atoms with Crippen LogP contribution in [-0.2, 0) is 11.2 Å². The first-order valence-corrected chi connectivity index (χ1v) is 10.00. The minimum Gasteiger partial charge on any atom is -0.504 e. The molecule has 0 aromatic heterocycles. The quantitative estimate of drug-likeness (QED) is 0.560. The van der Waals surface area contributed by atoms with Crippen molar-refractivity contribution >= 4 is 34.6 Å². The van der Waals surface area contributed by atoms with Crippen molar-refractivity contribution in [3.63, 3.8) is 0 Å². The number of thioether (sulfide) groups is 1. The molecule has 6 heteroatoms. The van der Waals surface area contributed by atoms with Gasteiger partial charge in [0, 0.05) is 12.6 Å². The Morgan fingerprint density at radius 3 is 2.66 bits per heavy atom. The Labute approximate surface area is 175 Å². The van der Waals surface area contributed by atoms with Gasteiger partial charge in [0.1, 0.15) is 0 Å². The number of likely N-dealkylation sites (N-methyl/N-ethyl adjacent to an activating group) is 1. The summed E-state index contributed by atoms with van der Waals surface area (Å²) < 4.78 is 5.27. The molecule has 1 aliphatic rings. The number of amidine groups is 1. The highest BCUT2D eigenvalue weighted by Gasteiger charge is 2.30. The molecule has 1 aliphatic heterocycles. The van der Waals surface area contributed by atoms with E-state index in [0.29, 0.717) is 27.8 Å². The maximum absolute atomic E-state index is 12.7. The number of rotatable bonds is 5. The molecule has 3 rings (SSSR count). The smallest absolute Gasteiger partial charge is 0.266 e. The van der Waals surface area contributed by atoms with E-state index < -0.39 is 0 Å². The second-order valence-corrected chi connectivity index (χ2v) is 7.87. The third-order valence-electron chi connectivity index (χ3n) is 4.78. The van der Waals surface area contributed by atoms with Crippen molar-refractivity contribution in [1.29, 1.82) is 0 Å². The lowest BCUT2D eigenvalue weighted by atomic mass is 10.1. The predicted octanol–water partition coefficient (Wildman–Crippen LogP) is 4.98. The van der Waals surface area contributed by atoms with Gasteiger partial charge < -0.3 is 9.84 Å². The van der Waals surface area contributed by atoms with Crippen molar-refractivity contribution in [2.24, 2.45) is 4.99 Å². The summed E-state index contributed by atoms with van der Waals surface area (Å²) in [4.78, 5) is 19.5. The Morgan fingerprint density at radius 2 is 2.00 bits per heavy atom. The fourth-order valence-electron chi connectivity index (χ4n) is 2.95. The van der Waals surface area contributed by atoms with Crippen molar-refractivity contribution in [2.75, 3.05) is 14.2 Å². The van der Waals surface area contributed by atoms with E-state index in [1.165, 1.54) is 24.4 Å². The molecule has 150 valence electrons. The molecule has 0 spiro atoms. The van der Waals surface area contributed by atoms with Crippen LogP contribution in [0.25, 0.3) is 6.08 Å². The highest BCUT2D eigenvalue weighted by atomic mass is 32.2. The number of phenolic OH excluding ortho intramolecular Hbond substituents is 1. The first-order chi connectivity index (χ1) is 13.8. The van der Waals surface area contributed by atoms with Gasteiger partial charge in [-0.3, -0.25) is 9.69 Å². The summed E-state index contributed by atoms with van der Waals surface area (Å²) in [6.07, 6.45) is 4.00. The van der Waals surface area contributed by atoms with Gasteiger partial charge in [0.2, 0.25) is 0 Å². The summed E-state index contributed by atoms with van der Waals surface area (Å²) in [7, 11) is 3.22. The van der Waals surface area contributed by atoms with Crippen molar-refractivity contribution in [1.82, 2.24) is 4.90 Å². The number of ether oxygens (including phenoxy) is 1. The second-order valence-electron chi connectivity index (χ2n) is 6.86. The molecule has 1 N–H and O–H groups in total. The summed E-state index contributed by atoms with van der Waals surface area (Å²) in [6.45, 7) is 7.82. The van der Waals surface area contributed by atoms with Crippen molar-refractivity contribution in [2.45, 2.75) is 20.3 Å². The molecule has 1 saturated heterocycles. The Kier molecular flexibility index (Phi) is 6.13. The number of carbonyl (C=O) groups is 1. The molecule has 0 saturated carbocycles. The van der Waals surface area contributed by atoms with Crippen molar-refractivity contribution < 1.29 is 14.6 Å². The van der Waals surface area contributed by atoms with Gasteiger partial charge in [0.15, 0.2) is 16.7 Å². The fourth-order valence-corrected chi connectivity index (χ4v) is 3.93. The molecule has 0 radical (unpaired) electrons. The zero-order valence-electron chi connectivity index (χ0n) is 17.0. The van der Waals surface area contributed by atoms with Crippen LogP contribution in [0, 0.1) is 13.8 Å². The van der Waals surface area contributed by atoms with Gasteiger partial charge >= 0.3 is 0 Å². The molecule has 5 nitrogen and oxygen atoms in total. The van der Waals surface area contributed by atoms with Gasteiger partial charge in [0.05, 0.1) is 17.7 Å². The number of aromatic hydroxyl groups is 1. The Balaban J connectivity index is 1.95. The number of hydrogen-bond donors (Lipinski definition) is 1. The maximum Gasteiger partial charge on any atom is 0.266 e. The lowest BCUT2D eigenvalue weighted by Crippen LogP contribution is -2.23. The lowest BCUT2D eigenvalue weighted by molar-refractivity contribution is -0.121. The number of nitrogens with zero attached hydrogens (tertiary/aromatic N) is 2. The highest BCUT2D eigenvalue weighted by molar-refractivity contribution is 8.18. The fraction of sp³-hybridized carbons (Fsp3) is 0.217. The zero-order chi connectivity index (χ0) is 21.1. The molecule has 1 fully saturated rings. The van der Waals surface area contributed by atoms with E-state index in [1.54, 1.807) is 30.2 Å². The Bertz CT molecular complexity index is 1040. The third-order valence-corrected chi connectivity index (χ3v) is 5.84. The Morgan fingerprint density at radius 1 is 1.24 bits per heavy atom. The number of methoxy groups -OCH3 is 1. The van der Waals surface area contributed by atoms with E-state index in [0.717, 1.165) is 16.8 Å². The standard InChI is InChI=1S/C23H24N2O3S/c1-6-7-17-11-16(12-19(28-5)21(17)26)13-20-22(27)25(4)23(29-20)24-18-9-8-14(2)15(3)10-18/h6,8-13,26H,1,7H2,2-5H3/b20-13+,24-23?. The van der Waals surface area contributed by atoms with Crippen LogP contribution in [-0.4, -0.2) is 35.2 Å². The maximum atomic E-state index is 12.7. The summed E-state index contributed by atoms with van der Waals surface area (Å²) in [5.74, 6) is 0.341. The van der Waals surface area contributed by atoms with Gasteiger partial charge in [-0.25, -0.2) is 4.99 Å². The number of benzene rings is 2. The van der Waals surface area contributed by atoms with Gasteiger partial charge in [-0.1, -0.05) is 12.1 Å². The Hall–Kier alpha value is -2.99. The van der Waals surface area contributed by atoms with E-state index in [4.69, 9.17) is 4.74 Å². The van der Waals surface area contributed by atoms with Crippen LogP contribution >= 0.6 is 11.8 Å². The molecule has 0 aliphatic carbocycles. The van der Waals surface area contributed by atoms with Crippen molar-refractivity contribution in [3.8, 4) is 11.5 Å². The van der Waals surface area contributed by atoms with E-state index in [9.17, 15) is 9.90 Å². The molecular formula is C23H24N2O3S. The molecule has 0 bridgehead atoms. The molecule has 2 aromatic carbocycles. The summed E-state index contributed by atoms with van der Waals surface area (Å²) in [6, 6.07) is 9.52. The monoisotopic (exact) mass is 408 g/mol. The van der Waals surface area contributed by atoms with Crippen LogP contribution in [0.1, 0.15) is 22.3 Å².